The second kappa shape index (κ2) is 49.1. The molecule has 0 saturated carbocycles. The monoisotopic (exact) mass is 1160 g/mol. The highest BCUT2D eigenvalue weighted by atomic mass is 16.7. The maximum Gasteiger partial charge on any atom is 0.306 e. The van der Waals surface area contributed by atoms with Gasteiger partial charge in [-0.25, -0.2) is 0 Å². The number of hydrogen-bond acceptors (Lipinski definition) is 18. The van der Waals surface area contributed by atoms with Crippen molar-refractivity contribution in [3.8, 4) is 0 Å². The highest BCUT2D eigenvalue weighted by molar-refractivity contribution is 5.71. The maximum absolute atomic E-state index is 13.6. The molecule has 81 heavy (non-hydrogen) atoms. The lowest BCUT2D eigenvalue weighted by molar-refractivity contribution is -0.312. The molecule has 0 amide bonds. The summed E-state index contributed by atoms with van der Waals surface area (Å²) in [6, 6.07) is 0. The Morgan fingerprint density at radius 3 is 0.975 bits per heavy atom. The maximum atomic E-state index is 13.6. The number of ether oxygens (including phenoxy) is 7. The van der Waals surface area contributed by atoms with E-state index in [9.17, 15) is 55.2 Å². The smallest absolute Gasteiger partial charge is 0.306 e. The molecule has 2 aliphatic rings. The van der Waals surface area contributed by atoms with Gasteiger partial charge in [0, 0.05) is 19.3 Å². The molecule has 0 spiro atoms. The third kappa shape index (κ3) is 35.2. The van der Waals surface area contributed by atoms with Crippen LogP contribution >= 0.6 is 0 Å². The molecule has 13 atom stereocenters. The van der Waals surface area contributed by atoms with Gasteiger partial charge in [-0.15, -0.1) is 0 Å². The molecule has 0 radical (unpaired) electrons. The first-order chi connectivity index (χ1) is 39.3. The Labute approximate surface area is 488 Å². The van der Waals surface area contributed by atoms with Crippen molar-refractivity contribution in [1.29, 1.82) is 0 Å². The van der Waals surface area contributed by atoms with Gasteiger partial charge in [0.15, 0.2) is 18.7 Å². The van der Waals surface area contributed by atoms with Gasteiger partial charge >= 0.3 is 17.9 Å². The van der Waals surface area contributed by atoms with E-state index in [1.165, 1.54) is 116 Å². The van der Waals surface area contributed by atoms with Crippen LogP contribution in [0.2, 0.25) is 0 Å². The molecule has 0 aliphatic carbocycles. The summed E-state index contributed by atoms with van der Waals surface area (Å²) in [6.45, 7) is 4.81. The zero-order valence-electron chi connectivity index (χ0n) is 50.8. The molecule has 0 aromatic heterocycles. The van der Waals surface area contributed by atoms with Crippen molar-refractivity contribution in [1.82, 2.24) is 0 Å². The fourth-order valence-corrected chi connectivity index (χ4v) is 10.7. The number of carbonyl (C=O) groups is 3. The van der Waals surface area contributed by atoms with E-state index in [4.69, 9.17) is 33.2 Å². The van der Waals surface area contributed by atoms with E-state index in [0.717, 1.165) is 70.6 Å². The van der Waals surface area contributed by atoms with E-state index < -0.39 is 105 Å². The van der Waals surface area contributed by atoms with E-state index in [2.05, 4.69) is 20.8 Å². The van der Waals surface area contributed by atoms with E-state index in [0.29, 0.717) is 44.9 Å². The van der Waals surface area contributed by atoms with Crippen molar-refractivity contribution in [2.45, 2.75) is 357 Å². The molecule has 478 valence electrons. The minimum atomic E-state index is -1.62. The first-order valence-electron chi connectivity index (χ1n) is 32.7. The second-order valence-electron chi connectivity index (χ2n) is 23.4. The van der Waals surface area contributed by atoms with Crippen LogP contribution in [0, 0.1) is 0 Å². The van der Waals surface area contributed by atoms with Gasteiger partial charge in [-0.05, 0) is 38.5 Å². The number of unbranched alkanes of at least 4 members (excludes halogenated alkanes) is 29. The van der Waals surface area contributed by atoms with E-state index >= 15 is 0 Å². The first kappa shape index (κ1) is 75.0. The molecule has 8 N–H and O–H groups in total. The van der Waals surface area contributed by atoms with Crippen LogP contribution in [-0.2, 0) is 47.5 Å². The summed E-state index contributed by atoms with van der Waals surface area (Å²) in [4.78, 5) is 39.7. The zero-order valence-corrected chi connectivity index (χ0v) is 50.8. The van der Waals surface area contributed by atoms with E-state index in [1.807, 2.05) is 0 Å². The summed E-state index contributed by atoms with van der Waals surface area (Å²) in [5.74, 6) is -1.60. The topological polar surface area (TPSA) is 278 Å². The van der Waals surface area contributed by atoms with Gasteiger partial charge in [-0.1, -0.05) is 220 Å². The number of aliphatic hydroxyl groups is 8. The van der Waals surface area contributed by atoms with Crippen molar-refractivity contribution in [2.24, 2.45) is 0 Å². The number of esters is 3. The third-order valence-electron chi connectivity index (χ3n) is 16.1. The average Bonchev–Trinajstić information content (AvgIpc) is 3.53. The molecule has 18 heteroatoms. The molecule has 18 nitrogen and oxygen atoms in total. The van der Waals surface area contributed by atoms with Gasteiger partial charge < -0.3 is 74.0 Å². The Morgan fingerprint density at radius 2 is 0.642 bits per heavy atom. The van der Waals surface area contributed by atoms with Crippen molar-refractivity contribution < 1.29 is 88.4 Å². The predicted octanol–water partition coefficient (Wildman–Crippen LogP) is 10.0. The standard InChI is InChI=1S/C63H118O18/c1-4-7-10-13-16-18-20-21-22-24-27-30-35-40-53(66)75-46-50(77-55(68)43-42-49(39-33-29-26-23-19-17-14-11-8-5-2)79-63-61(74)59(72)57(70)52(45-65)81-63)47-76-54(67)41-36-31-34-38-48(37-32-28-25-15-12-9-6-3)78-62-60(73)58(71)56(69)51(44-64)80-62/h48-52,56-65,69-74H,4-47H2,1-3H3/t48?,49?,50?,51-,52-,56-,57-,58+,59+,60-,61-,62?,63?/m1/s1. The number of rotatable bonds is 53. The van der Waals surface area contributed by atoms with Crippen LogP contribution in [0.5, 0.6) is 0 Å². The molecular formula is C63H118O18. The molecule has 5 unspecified atom stereocenters. The minimum absolute atomic E-state index is 0.0748. The van der Waals surface area contributed by atoms with Gasteiger partial charge in [0.25, 0.3) is 0 Å². The lowest BCUT2D eigenvalue weighted by Crippen LogP contribution is -2.59. The van der Waals surface area contributed by atoms with Gasteiger partial charge in [-0.3, -0.25) is 14.4 Å². The van der Waals surface area contributed by atoms with Gasteiger partial charge in [0.1, 0.15) is 62.0 Å². The predicted molar refractivity (Wildman–Crippen MR) is 311 cm³/mol. The lowest BCUT2D eigenvalue weighted by atomic mass is 9.98. The van der Waals surface area contributed by atoms with Crippen LogP contribution in [-0.4, -0.2) is 165 Å². The molecule has 2 saturated heterocycles. The third-order valence-corrected chi connectivity index (χ3v) is 16.1. The Balaban J connectivity index is 2.01. The van der Waals surface area contributed by atoms with Crippen LogP contribution in [0.1, 0.15) is 278 Å². The average molecular weight is 1160 g/mol. The first-order valence-corrected chi connectivity index (χ1v) is 32.7. The second-order valence-corrected chi connectivity index (χ2v) is 23.4. The SMILES string of the molecule is CCCCCCCCCCCCCCCC(=O)OCC(COC(=O)CCCCCC(CCCCCCCCC)OC1O[C@H](CO)[C@@H](O)[C@H](O)[C@H]1O)OC(=O)CCC(CCCCCCCCCCCC)OC1O[C@H](CO)[C@@H](O)[C@H](O)[C@H]1O. The fourth-order valence-electron chi connectivity index (χ4n) is 10.7. The molecule has 2 heterocycles. The summed E-state index contributed by atoms with van der Waals surface area (Å²) in [7, 11) is 0. The molecule has 0 aromatic rings. The Morgan fingerprint density at radius 1 is 0.346 bits per heavy atom. The lowest BCUT2D eigenvalue weighted by Gasteiger charge is -2.41. The molecular weight excluding hydrogens is 1040 g/mol. The van der Waals surface area contributed by atoms with Crippen molar-refractivity contribution in [3.63, 3.8) is 0 Å². The molecule has 2 fully saturated rings. The van der Waals surface area contributed by atoms with Gasteiger partial charge in [0.2, 0.25) is 0 Å². The highest BCUT2D eigenvalue weighted by Crippen LogP contribution is 2.28. The van der Waals surface area contributed by atoms with Crippen LogP contribution in [0.25, 0.3) is 0 Å². The summed E-state index contributed by atoms with van der Waals surface area (Å²) >= 11 is 0. The van der Waals surface area contributed by atoms with Crippen molar-refractivity contribution >= 4 is 17.9 Å². The minimum Gasteiger partial charge on any atom is -0.462 e. The fraction of sp³-hybridized carbons (Fsp3) is 0.952. The molecule has 0 aromatic carbocycles. The van der Waals surface area contributed by atoms with Crippen LogP contribution < -0.4 is 0 Å². The van der Waals surface area contributed by atoms with Crippen LogP contribution in [0.3, 0.4) is 0 Å². The quantitative estimate of drug-likeness (QED) is 0.0160. The van der Waals surface area contributed by atoms with E-state index in [-0.39, 0.29) is 45.0 Å². The van der Waals surface area contributed by atoms with E-state index in [1.54, 1.807) is 0 Å². The Kier molecular flexibility index (Phi) is 45.5. The highest BCUT2D eigenvalue weighted by Gasteiger charge is 2.46. The molecule has 2 aliphatic heterocycles. The zero-order chi connectivity index (χ0) is 59.3. The Bertz CT molecular complexity index is 1500. The van der Waals surface area contributed by atoms with Crippen LogP contribution in [0.15, 0.2) is 0 Å². The number of aliphatic hydroxyl groups excluding tert-OH is 8. The summed E-state index contributed by atoms with van der Waals surface area (Å²) in [6.07, 6.45) is 21.8. The summed E-state index contributed by atoms with van der Waals surface area (Å²) in [5, 5.41) is 82.4. The van der Waals surface area contributed by atoms with Crippen molar-refractivity contribution in [2.75, 3.05) is 26.4 Å². The van der Waals surface area contributed by atoms with Gasteiger partial charge in [0.05, 0.1) is 25.4 Å². The summed E-state index contributed by atoms with van der Waals surface area (Å²) in [5.41, 5.74) is 0. The molecule has 0 bridgehead atoms. The number of hydrogen-bond donors (Lipinski definition) is 8. The normalized spacial score (nSPS) is 24.2. The van der Waals surface area contributed by atoms with Gasteiger partial charge in [-0.2, -0.15) is 0 Å². The molecule has 2 rings (SSSR count). The Hall–Kier alpha value is -2.07. The largest absolute Gasteiger partial charge is 0.462 e. The number of carbonyl (C=O) groups excluding carboxylic acids is 3. The van der Waals surface area contributed by atoms with Crippen LogP contribution in [0.4, 0.5) is 0 Å². The van der Waals surface area contributed by atoms with Crippen molar-refractivity contribution in [3.05, 3.63) is 0 Å². The summed E-state index contributed by atoms with van der Waals surface area (Å²) < 4.78 is 40.7.